The summed E-state index contributed by atoms with van der Waals surface area (Å²) in [6.07, 6.45) is 4.78. The topological polar surface area (TPSA) is 47.1 Å². The van der Waals surface area contributed by atoms with Crippen molar-refractivity contribution in [2.45, 2.75) is 38.9 Å². The highest BCUT2D eigenvalue weighted by Crippen LogP contribution is 2.30. The van der Waals surface area contributed by atoms with Crippen molar-refractivity contribution in [3.63, 3.8) is 0 Å². The van der Waals surface area contributed by atoms with E-state index in [1.165, 1.54) is 9.75 Å². The molecule has 110 valence electrons. The fourth-order valence-corrected chi connectivity index (χ4v) is 3.58. The van der Waals surface area contributed by atoms with E-state index in [0.717, 1.165) is 18.8 Å². The maximum atomic E-state index is 6.36. The zero-order valence-corrected chi connectivity index (χ0v) is 13.5. The third-order valence-corrected chi connectivity index (χ3v) is 4.79. The van der Waals surface area contributed by atoms with Gasteiger partial charge in [-0.25, -0.2) is 4.98 Å². The minimum atomic E-state index is 0.137. The molecular weight excluding hydrogens is 268 g/mol. The molecule has 2 unspecified atom stereocenters. The van der Waals surface area contributed by atoms with Crippen molar-refractivity contribution in [3.8, 4) is 0 Å². The first-order chi connectivity index (χ1) is 9.52. The van der Waals surface area contributed by atoms with Crippen LogP contribution in [-0.2, 0) is 13.6 Å². The van der Waals surface area contributed by atoms with Crippen LogP contribution in [0.1, 0.15) is 35.0 Å². The van der Waals surface area contributed by atoms with Crippen molar-refractivity contribution in [2.24, 2.45) is 12.8 Å². The fourth-order valence-electron chi connectivity index (χ4n) is 2.46. The van der Waals surface area contributed by atoms with Gasteiger partial charge in [0, 0.05) is 35.2 Å². The SMILES string of the molecule is CCC(N)C(c1ccc(C)s1)N(C)Cc1nccn1C. The summed E-state index contributed by atoms with van der Waals surface area (Å²) in [6.45, 7) is 5.09. The van der Waals surface area contributed by atoms with Gasteiger partial charge in [-0.1, -0.05) is 6.92 Å². The second-order valence-corrected chi connectivity index (χ2v) is 6.65. The van der Waals surface area contributed by atoms with Gasteiger partial charge in [-0.2, -0.15) is 0 Å². The molecule has 4 nitrogen and oxygen atoms in total. The number of hydrogen-bond acceptors (Lipinski definition) is 4. The molecule has 0 aliphatic carbocycles. The van der Waals surface area contributed by atoms with Gasteiger partial charge in [0.1, 0.15) is 5.82 Å². The van der Waals surface area contributed by atoms with Crippen molar-refractivity contribution in [3.05, 3.63) is 40.1 Å². The summed E-state index contributed by atoms with van der Waals surface area (Å²) >= 11 is 1.84. The monoisotopic (exact) mass is 292 g/mol. The third-order valence-electron chi connectivity index (χ3n) is 3.72. The van der Waals surface area contributed by atoms with Crippen LogP contribution in [0.5, 0.6) is 0 Å². The van der Waals surface area contributed by atoms with E-state index in [0.29, 0.717) is 0 Å². The molecule has 0 amide bonds. The van der Waals surface area contributed by atoms with Crippen LogP contribution in [0.2, 0.25) is 0 Å². The minimum absolute atomic E-state index is 0.137. The summed E-state index contributed by atoms with van der Waals surface area (Å²) in [4.78, 5) is 9.39. The first-order valence-corrected chi connectivity index (χ1v) is 7.83. The molecular formula is C15H24N4S. The number of thiophene rings is 1. The number of rotatable bonds is 6. The Hall–Kier alpha value is -1.17. The molecule has 2 rings (SSSR count). The maximum Gasteiger partial charge on any atom is 0.122 e. The largest absolute Gasteiger partial charge is 0.337 e. The second-order valence-electron chi connectivity index (χ2n) is 5.33. The van der Waals surface area contributed by atoms with Gasteiger partial charge in [0.2, 0.25) is 0 Å². The average Bonchev–Trinajstić information content (AvgIpc) is 2.99. The molecule has 2 atom stereocenters. The van der Waals surface area contributed by atoms with E-state index in [9.17, 15) is 0 Å². The smallest absolute Gasteiger partial charge is 0.122 e. The molecule has 0 fully saturated rings. The summed E-state index contributed by atoms with van der Waals surface area (Å²) in [5, 5.41) is 0. The second kappa shape index (κ2) is 6.52. The Kier molecular flexibility index (Phi) is 4.96. The molecule has 5 heteroatoms. The van der Waals surface area contributed by atoms with E-state index in [-0.39, 0.29) is 12.1 Å². The van der Waals surface area contributed by atoms with Gasteiger partial charge in [-0.15, -0.1) is 11.3 Å². The summed E-state index contributed by atoms with van der Waals surface area (Å²) in [7, 11) is 4.16. The molecule has 0 radical (unpaired) electrons. The quantitative estimate of drug-likeness (QED) is 0.890. The lowest BCUT2D eigenvalue weighted by molar-refractivity contribution is 0.199. The predicted molar refractivity (Wildman–Crippen MR) is 84.7 cm³/mol. The summed E-state index contributed by atoms with van der Waals surface area (Å²) in [5.74, 6) is 1.06. The van der Waals surface area contributed by atoms with Crippen LogP contribution in [0.15, 0.2) is 24.5 Å². The van der Waals surface area contributed by atoms with E-state index in [1.807, 2.05) is 30.8 Å². The molecule has 2 aromatic rings. The molecule has 0 spiro atoms. The molecule has 2 N–H and O–H groups in total. The van der Waals surface area contributed by atoms with Crippen LogP contribution < -0.4 is 5.73 Å². The summed E-state index contributed by atoms with van der Waals surface area (Å²) in [6, 6.07) is 4.76. The van der Waals surface area contributed by atoms with Gasteiger partial charge < -0.3 is 10.3 Å². The molecule has 2 aromatic heterocycles. The molecule has 0 saturated carbocycles. The number of aromatic nitrogens is 2. The molecule has 20 heavy (non-hydrogen) atoms. The van der Waals surface area contributed by atoms with Gasteiger partial charge in [0.15, 0.2) is 0 Å². The van der Waals surface area contributed by atoms with E-state index in [4.69, 9.17) is 5.73 Å². The number of aryl methyl sites for hydroxylation is 2. The normalized spacial score (nSPS) is 14.7. The summed E-state index contributed by atoms with van der Waals surface area (Å²) < 4.78 is 2.06. The highest BCUT2D eigenvalue weighted by molar-refractivity contribution is 7.12. The maximum absolute atomic E-state index is 6.36. The number of likely N-dealkylation sites (N-methyl/N-ethyl adjacent to an activating group) is 1. The standard InChI is InChI=1S/C15H24N4S/c1-5-12(16)15(13-7-6-11(2)20-13)19(4)10-14-17-8-9-18(14)3/h6-9,12,15H,5,10,16H2,1-4H3. The van der Waals surface area contributed by atoms with E-state index in [2.05, 4.69) is 47.5 Å². The lowest BCUT2D eigenvalue weighted by atomic mass is 10.0. The lowest BCUT2D eigenvalue weighted by Crippen LogP contribution is -2.38. The highest BCUT2D eigenvalue weighted by atomic mass is 32.1. The fraction of sp³-hybridized carbons (Fsp3) is 0.533. The Labute approximate surface area is 125 Å². The van der Waals surface area contributed by atoms with Gasteiger partial charge >= 0.3 is 0 Å². The number of imidazole rings is 1. The van der Waals surface area contributed by atoms with Crippen molar-refractivity contribution < 1.29 is 0 Å². The molecule has 0 saturated heterocycles. The van der Waals surface area contributed by atoms with Crippen molar-refractivity contribution in [2.75, 3.05) is 7.05 Å². The summed E-state index contributed by atoms with van der Waals surface area (Å²) in [5.41, 5.74) is 6.36. The van der Waals surface area contributed by atoms with E-state index < -0.39 is 0 Å². The van der Waals surface area contributed by atoms with Gasteiger partial charge in [-0.3, -0.25) is 4.90 Å². The number of nitrogens with two attached hydrogens (primary N) is 1. The zero-order valence-electron chi connectivity index (χ0n) is 12.7. The predicted octanol–water partition coefficient (Wildman–Crippen LogP) is 2.70. The number of hydrogen-bond donors (Lipinski definition) is 1. The lowest BCUT2D eigenvalue weighted by Gasteiger charge is -2.31. The average molecular weight is 292 g/mol. The Bertz CT molecular complexity index is 546. The molecule has 0 aliphatic rings. The Morgan fingerprint density at radius 1 is 1.45 bits per heavy atom. The van der Waals surface area contributed by atoms with Crippen molar-refractivity contribution >= 4 is 11.3 Å². The van der Waals surface area contributed by atoms with Crippen LogP contribution >= 0.6 is 11.3 Å². The Morgan fingerprint density at radius 3 is 2.70 bits per heavy atom. The van der Waals surface area contributed by atoms with E-state index in [1.54, 1.807) is 0 Å². The molecule has 0 aromatic carbocycles. The van der Waals surface area contributed by atoms with Gasteiger partial charge in [0.25, 0.3) is 0 Å². The van der Waals surface area contributed by atoms with Crippen LogP contribution in [0.4, 0.5) is 0 Å². The molecule has 0 bridgehead atoms. The van der Waals surface area contributed by atoms with Gasteiger partial charge in [-0.05, 0) is 32.5 Å². The van der Waals surface area contributed by atoms with Crippen LogP contribution in [0.25, 0.3) is 0 Å². The zero-order chi connectivity index (χ0) is 14.7. The first kappa shape index (κ1) is 15.2. The van der Waals surface area contributed by atoms with Gasteiger partial charge in [0.05, 0.1) is 12.6 Å². The first-order valence-electron chi connectivity index (χ1n) is 7.01. The van der Waals surface area contributed by atoms with Crippen LogP contribution in [0.3, 0.4) is 0 Å². The van der Waals surface area contributed by atoms with Crippen LogP contribution in [0, 0.1) is 6.92 Å². The molecule has 0 aliphatic heterocycles. The van der Waals surface area contributed by atoms with Crippen LogP contribution in [-0.4, -0.2) is 27.5 Å². The van der Waals surface area contributed by atoms with Crippen molar-refractivity contribution in [1.29, 1.82) is 0 Å². The number of nitrogens with zero attached hydrogens (tertiary/aromatic N) is 3. The van der Waals surface area contributed by atoms with E-state index >= 15 is 0 Å². The minimum Gasteiger partial charge on any atom is -0.337 e. The Balaban J connectivity index is 2.20. The van der Waals surface area contributed by atoms with Crippen molar-refractivity contribution in [1.82, 2.24) is 14.5 Å². The highest BCUT2D eigenvalue weighted by Gasteiger charge is 2.25. The third kappa shape index (κ3) is 3.29. The molecule has 2 heterocycles. The Morgan fingerprint density at radius 2 is 2.20 bits per heavy atom.